The van der Waals surface area contributed by atoms with Crippen molar-refractivity contribution in [3.8, 4) is 22.5 Å². The standard InChI is InChI=1S/C21H21N5O3S/c1-12-10-26(2)18-5-4-13(9-17(12)18)14-6-15(8-16(7-14)25-29-3)20-22-21(24-23-20)30-11-19(27)28/h4-10,25H,11H2,1-3H3,(H,27,28)(H,22,23,24). The van der Waals surface area contributed by atoms with Gasteiger partial charge in [-0.3, -0.25) is 15.1 Å². The topological polar surface area (TPSA) is 105 Å². The Labute approximate surface area is 177 Å². The van der Waals surface area contributed by atoms with Crippen molar-refractivity contribution in [1.82, 2.24) is 19.7 Å². The van der Waals surface area contributed by atoms with E-state index in [4.69, 9.17) is 9.94 Å². The number of nitrogens with zero attached hydrogens (tertiary/aromatic N) is 3. The first-order valence-corrected chi connectivity index (χ1v) is 10.2. The number of thioether (sulfide) groups is 1. The smallest absolute Gasteiger partial charge is 0.313 e. The molecule has 30 heavy (non-hydrogen) atoms. The molecule has 0 saturated carbocycles. The molecule has 0 fully saturated rings. The molecule has 0 aliphatic carbocycles. The van der Waals surface area contributed by atoms with Crippen LogP contribution in [0.15, 0.2) is 47.8 Å². The Hall–Kier alpha value is -3.30. The molecule has 2 aromatic carbocycles. The number of carbonyl (C=O) groups is 1. The van der Waals surface area contributed by atoms with Crippen molar-refractivity contribution in [3.05, 3.63) is 48.2 Å². The summed E-state index contributed by atoms with van der Waals surface area (Å²) in [6.07, 6.45) is 2.12. The van der Waals surface area contributed by atoms with Gasteiger partial charge in [0, 0.05) is 29.7 Å². The van der Waals surface area contributed by atoms with E-state index in [-0.39, 0.29) is 5.75 Å². The second-order valence-corrected chi connectivity index (χ2v) is 7.89. The summed E-state index contributed by atoms with van der Waals surface area (Å²) >= 11 is 1.09. The molecule has 4 aromatic rings. The second kappa shape index (κ2) is 8.21. The van der Waals surface area contributed by atoms with E-state index >= 15 is 0 Å². The number of nitrogens with one attached hydrogen (secondary N) is 2. The molecule has 3 N–H and O–H groups in total. The van der Waals surface area contributed by atoms with Gasteiger partial charge in [0.25, 0.3) is 0 Å². The first-order chi connectivity index (χ1) is 14.4. The lowest BCUT2D eigenvalue weighted by Gasteiger charge is -2.10. The fraction of sp³-hybridized carbons (Fsp3) is 0.190. The van der Waals surface area contributed by atoms with Gasteiger partial charge in [0.2, 0.25) is 0 Å². The fourth-order valence-corrected chi connectivity index (χ4v) is 3.98. The van der Waals surface area contributed by atoms with Gasteiger partial charge in [0.1, 0.15) is 0 Å². The van der Waals surface area contributed by atoms with E-state index < -0.39 is 5.97 Å². The van der Waals surface area contributed by atoms with E-state index in [1.54, 1.807) is 7.11 Å². The van der Waals surface area contributed by atoms with Gasteiger partial charge in [-0.25, -0.2) is 0 Å². The zero-order valence-corrected chi connectivity index (χ0v) is 17.6. The minimum atomic E-state index is -0.905. The average molecular weight is 423 g/mol. The third kappa shape index (κ3) is 4.03. The maximum atomic E-state index is 10.8. The summed E-state index contributed by atoms with van der Waals surface area (Å²) in [4.78, 5) is 19.0. The maximum Gasteiger partial charge on any atom is 0.313 e. The molecule has 0 amide bonds. The maximum absolute atomic E-state index is 10.8. The lowest BCUT2D eigenvalue weighted by molar-refractivity contribution is -0.133. The quantitative estimate of drug-likeness (QED) is 0.304. The highest BCUT2D eigenvalue weighted by molar-refractivity contribution is 7.99. The van der Waals surface area contributed by atoms with Crippen molar-refractivity contribution >= 4 is 34.3 Å². The van der Waals surface area contributed by atoms with Gasteiger partial charge >= 0.3 is 5.97 Å². The number of H-pyrrole nitrogens is 1. The molecular formula is C21H21N5O3S. The Morgan fingerprint density at radius 1 is 1.20 bits per heavy atom. The average Bonchev–Trinajstić information content (AvgIpc) is 3.31. The summed E-state index contributed by atoms with van der Waals surface area (Å²) in [7, 11) is 3.60. The Morgan fingerprint density at radius 3 is 2.77 bits per heavy atom. The molecule has 0 radical (unpaired) electrons. The van der Waals surface area contributed by atoms with Crippen LogP contribution in [-0.4, -0.2) is 43.7 Å². The number of aromatic amines is 1. The van der Waals surface area contributed by atoms with E-state index in [1.165, 1.54) is 16.5 Å². The largest absolute Gasteiger partial charge is 0.481 e. The molecular weight excluding hydrogens is 402 g/mol. The number of benzene rings is 2. The molecule has 0 aliphatic heterocycles. The number of anilines is 1. The predicted molar refractivity (Wildman–Crippen MR) is 117 cm³/mol. The summed E-state index contributed by atoms with van der Waals surface area (Å²) in [6, 6.07) is 12.3. The molecule has 0 bridgehead atoms. The molecule has 9 heteroatoms. The SMILES string of the molecule is CONc1cc(-c2ccc3c(c2)c(C)cn3C)cc(-c2nnc(SCC(=O)O)[nH]2)c1. The van der Waals surface area contributed by atoms with Gasteiger partial charge in [0.05, 0.1) is 18.6 Å². The number of aliphatic carboxylic acids is 1. The number of hydrogen-bond acceptors (Lipinski definition) is 6. The molecule has 154 valence electrons. The highest BCUT2D eigenvalue weighted by atomic mass is 32.2. The molecule has 2 aromatic heterocycles. The molecule has 4 rings (SSSR count). The van der Waals surface area contributed by atoms with Crippen LogP contribution in [0.2, 0.25) is 0 Å². The van der Waals surface area contributed by atoms with Crippen molar-refractivity contribution in [1.29, 1.82) is 0 Å². The molecule has 0 spiro atoms. The van der Waals surface area contributed by atoms with Crippen LogP contribution in [0, 0.1) is 6.92 Å². The van der Waals surface area contributed by atoms with Crippen LogP contribution in [-0.2, 0) is 16.7 Å². The monoisotopic (exact) mass is 423 g/mol. The van der Waals surface area contributed by atoms with Crippen LogP contribution >= 0.6 is 11.8 Å². The number of aryl methyl sites for hydroxylation is 2. The predicted octanol–water partition coefficient (Wildman–Crippen LogP) is 4.09. The van der Waals surface area contributed by atoms with E-state index in [0.29, 0.717) is 11.0 Å². The number of aromatic nitrogens is 4. The summed E-state index contributed by atoms with van der Waals surface area (Å²) in [6.45, 7) is 2.10. The van der Waals surface area contributed by atoms with Crippen LogP contribution in [0.25, 0.3) is 33.4 Å². The number of carboxylic acids is 1. The number of rotatable bonds is 7. The van der Waals surface area contributed by atoms with E-state index in [9.17, 15) is 4.79 Å². The van der Waals surface area contributed by atoms with Crippen molar-refractivity contribution < 1.29 is 14.7 Å². The van der Waals surface area contributed by atoms with Crippen LogP contribution in [0.5, 0.6) is 0 Å². The fourth-order valence-electron chi connectivity index (χ4n) is 3.45. The van der Waals surface area contributed by atoms with Crippen molar-refractivity contribution in [3.63, 3.8) is 0 Å². The van der Waals surface area contributed by atoms with Gasteiger partial charge in [-0.15, -0.1) is 10.2 Å². The Kier molecular flexibility index (Phi) is 5.47. The van der Waals surface area contributed by atoms with Crippen LogP contribution in [0.3, 0.4) is 0 Å². The van der Waals surface area contributed by atoms with Crippen LogP contribution in [0.1, 0.15) is 5.56 Å². The Morgan fingerprint density at radius 2 is 2.00 bits per heavy atom. The second-order valence-electron chi connectivity index (χ2n) is 6.92. The number of fused-ring (bicyclic) bond motifs is 1. The third-order valence-electron chi connectivity index (χ3n) is 4.75. The van der Waals surface area contributed by atoms with Crippen molar-refractivity contribution in [2.24, 2.45) is 7.05 Å². The summed E-state index contributed by atoms with van der Waals surface area (Å²) in [5.41, 5.74) is 8.92. The molecule has 0 aliphatic rings. The minimum absolute atomic E-state index is 0.0818. The Balaban J connectivity index is 1.75. The first-order valence-electron chi connectivity index (χ1n) is 9.22. The molecule has 0 atom stereocenters. The Bertz CT molecular complexity index is 1230. The number of carboxylic acid groups (broad SMARTS) is 1. The van der Waals surface area contributed by atoms with Gasteiger partial charge in [0.15, 0.2) is 11.0 Å². The third-order valence-corrected chi connectivity index (χ3v) is 5.60. The zero-order chi connectivity index (χ0) is 21.3. The van der Waals surface area contributed by atoms with Gasteiger partial charge in [-0.05, 0) is 53.9 Å². The van der Waals surface area contributed by atoms with Gasteiger partial charge in [-0.1, -0.05) is 17.8 Å². The van der Waals surface area contributed by atoms with E-state index in [1.807, 2.05) is 25.2 Å². The highest BCUT2D eigenvalue weighted by Crippen LogP contribution is 2.32. The zero-order valence-electron chi connectivity index (χ0n) is 16.8. The lowest BCUT2D eigenvalue weighted by Crippen LogP contribution is -1.98. The normalized spacial score (nSPS) is 11.2. The molecule has 2 heterocycles. The van der Waals surface area contributed by atoms with Gasteiger partial charge < -0.3 is 14.7 Å². The van der Waals surface area contributed by atoms with Gasteiger partial charge in [-0.2, -0.15) is 0 Å². The van der Waals surface area contributed by atoms with Crippen molar-refractivity contribution in [2.75, 3.05) is 18.3 Å². The molecule has 8 nitrogen and oxygen atoms in total. The summed E-state index contributed by atoms with van der Waals surface area (Å²) in [5.74, 6) is -0.430. The van der Waals surface area contributed by atoms with Crippen LogP contribution < -0.4 is 5.48 Å². The van der Waals surface area contributed by atoms with E-state index in [0.717, 1.165) is 34.1 Å². The van der Waals surface area contributed by atoms with Crippen molar-refractivity contribution in [2.45, 2.75) is 12.1 Å². The molecule has 0 saturated heterocycles. The van der Waals surface area contributed by atoms with E-state index in [2.05, 4.69) is 56.5 Å². The number of hydrogen-bond donors (Lipinski definition) is 3. The summed E-state index contributed by atoms with van der Waals surface area (Å²) in [5, 5.41) is 18.7. The minimum Gasteiger partial charge on any atom is -0.481 e. The van der Waals surface area contributed by atoms with Crippen LogP contribution in [0.4, 0.5) is 5.69 Å². The highest BCUT2D eigenvalue weighted by Gasteiger charge is 2.12. The lowest BCUT2D eigenvalue weighted by atomic mass is 10.00. The summed E-state index contributed by atoms with van der Waals surface area (Å²) < 4.78 is 2.12. The first kappa shape index (κ1) is 20.0. The molecule has 0 unspecified atom stereocenters.